The van der Waals surface area contributed by atoms with Crippen LogP contribution < -0.4 is 10.6 Å². The lowest BCUT2D eigenvalue weighted by atomic mass is 10.2. The number of hydrogen-bond donors (Lipinski definition) is 2. The van der Waals surface area contributed by atoms with Crippen LogP contribution in [-0.2, 0) is 13.1 Å². The molecule has 1 amide bonds. The summed E-state index contributed by atoms with van der Waals surface area (Å²) in [6.45, 7) is 0.838. The Bertz CT molecular complexity index is 569. The molecule has 100 valence electrons. The number of oxazole rings is 1. The summed E-state index contributed by atoms with van der Waals surface area (Å²) in [5.74, 6) is 0.191. The normalized spacial score (nSPS) is 10.4. The van der Waals surface area contributed by atoms with Crippen molar-refractivity contribution in [2.75, 3.05) is 7.05 Å². The van der Waals surface area contributed by atoms with Gasteiger partial charge in [-0.15, -0.1) is 0 Å². The Kier molecular flexibility index (Phi) is 4.54. The van der Waals surface area contributed by atoms with Gasteiger partial charge in [0.15, 0.2) is 5.69 Å². The fraction of sp³-hybridized carbons (Fsp3) is 0.231. The lowest BCUT2D eigenvalue weighted by molar-refractivity contribution is 0.0946. The predicted octanol–water partition coefficient (Wildman–Crippen LogP) is 1.98. The van der Waals surface area contributed by atoms with E-state index in [1.165, 1.54) is 6.26 Å². The Morgan fingerprint density at radius 2 is 2.16 bits per heavy atom. The zero-order valence-corrected chi connectivity index (χ0v) is 11.2. The number of carbonyl (C=O) groups excluding carboxylic acids is 1. The van der Waals surface area contributed by atoms with Crippen molar-refractivity contribution in [1.82, 2.24) is 15.6 Å². The van der Waals surface area contributed by atoms with E-state index in [1.807, 2.05) is 18.2 Å². The van der Waals surface area contributed by atoms with Gasteiger partial charge in [0.05, 0.1) is 6.54 Å². The molecule has 0 radical (unpaired) electrons. The molecule has 0 atom stereocenters. The van der Waals surface area contributed by atoms with Crippen molar-refractivity contribution < 1.29 is 9.21 Å². The third-order valence-corrected chi connectivity index (χ3v) is 2.88. The van der Waals surface area contributed by atoms with E-state index in [0.29, 0.717) is 24.0 Å². The van der Waals surface area contributed by atoms with Gasteiger partial charge in [-0.25, -0.2) is 4.98 Å². The first kappa shape index (κ1) is 13.6. The van der Waals surface area contributed by atoms with E-state index in [9.17, 15) is 4.79 Å². The zero-order valence-electron chi connectivity index (χ0n) is 10.4. The molecule has 1 aromatic heterocycles. The van der Waals surface area contributed by atoms with E-state index < -0.39 is 0 Å². The first-order chi connectivity index (χ1) is 9.20. The Hall–Kier alpha value is -1.85. The molecule has 0 aliphatic heterocycles. The largest absolute Gasteiger partial charge is 0.447 e. The number of carbonyl (C=O) groups is 1. The molecule has 0 aliphatic rings. The minimum Gasteiger partial charge on any atom is -0.447 e. The van der Waals surface area contributed by atoms with E-state index in [4.69, 9.17) is 16.0 Å². The summed E-state index contributed by atoms with van der Waals surface area (Å²) in [6.07, 6.45) is 1.34. The van der Waals surface area contributed by atoms with Gasteiger partial charge < -0.3 is 15.1 Å². The monoisotopic (exact) mass is 279 g/mol. The van der Waals surface area contributed by atoms with Crippen molar-refractivity contribution in [2.24, 2.45) is 0 Å². The molecule has 6 heteroatoms. The highest BCUT2D eigenvalue weighted by atomic mass is 35.5. The van der Waals surface area contributed by atoms with Crippen LogP contribution in [0.5, 0.6) is 0 Å². The van der Waals surface area contributed by atoms with E-state index in [1.54, 1.807) is 13.1 Å². The van der Waals surface area contributed by atoms with Gasteiger partial charge in [0.25, 0.3) is 5.91 Å². The van der Waals surface area contributed by atoms with Gasteiger partial charge in [-0.05, 0) is 18.7 Å². The van der Waals surface area contributed by atoms with Crippen LogP contribution in [0.4, 0.5) is 0 Å². The highest BCUT2D eigenvalue weighted by molar-refractivity contribution is 6.31. The molecule has 0 saturated heterocycles. The Morgan fingerprint density at radius 1 is 1.37 bits per heavy atom. The summed E-state index contributed by atoms with van der Waals surface area (Å²) in [7, 11) is 1.78. The first-order valence-corrected chi connectivity index (χ1v) is 6.19. The highest BCUT2D eigenvalue weighted by Gasteiger charge is 2.11. The molecule has 19 heavy (non-hydrogen) atoms. The molecule has 2 N–H and O–H groups in total. The zero-order chi connectivity index (χ0) is 13.7. The molecule has 1 heterocycles. The van der Waals surface area contributed by atoms with Crippen molar-refractivity contribution in [3.8, 4) is 0 Å². The summed E-state index contributed by atoms with van der Waals surface area (Å²) in [5.41, 5.74) is 1.12. The average Bonchev–Trinajstić information content (AvgIpc) is 2.87. The molecule has 0 unspecified atom stereocenters. The van der Waals surface area contributed by atoms with Gasteiger partial charge in [-0.1, -0.05) is 29.8 Å². The summed E-state index contributed by atoms with van der Waals surface area (Å²) in [4.78, 5) is 15.9. The maximum atomic E-state index is 11.8. The Balaban J connectivity index is 1.95. The molecule has 0 spiro atoms. The van der Waals surface area contributed by atoms with Crippen molar-refractivity contribution >= 4 is 17.5 Å². The van der Waals surface area contributed by atoms with Crippen molar-refractivity contribution in [3.63, 3.8) is 0 Å². The molecular weight excluding hydrogens is 266 g/mol. The fourth-order valence-corrected chi connectivity index (χ4v) is 1.76. The lowest BCUT2D eigenvalue weighted by Gasteiger charge is -2.04. The van der Waals surface area contributed by atoms with Gasteiger partial charge in [-0.2, -0.15) is 0 Å². The predicted molar refractivity (Wildman–Crippen MR) is 71.9 cm³/mol. The second-order valence-corrected chi connectivity index (χ2v) is 4.34. The van der Waals surface area contributed by atoms with Gasteiger partial charge in [0.1, 0.15) is 6.26 Å². The van der Waals surface area contributed by atoms with Crippen LogP contribution in [0.3, 0.4) is 0 Å². The van der Waals surface area contributed by atoms with Gasteiger partial charge in [0, 0.05) is 11.6 Å². The third kappa shape index (κ3) is 3.56. The molecular formula is C13H14ClN3O2. The lowest BCUT2D eigenvalue weighted by Crippen LogP contribution is -2.23. The van der Waals surface area contributed by atoms with E-state index >= 15 is 0 Å². The van der Waals surface area contributed by atoms with Crippen LogP contribution in [-0.4, -0.2) is 17.9 Å². The summed E-state index contributed by atoms with van der Waals surface area (Å²) >= 11 is 6.01. The van der Waals surface area contributed by atoms with E-state index in [2.05, 4.69) is 15.6 Å². The number of benzene rings is 1. The minimum absolute atomic E-state index is 0.261. The number of nitrogens with one attached hydrogen (secondary N) is 2. The van der Waals surface area contributed by atoms with Gasteiger partial charge >= 0.3 is 0 Å². The van der Waals surface area contributed by atoms with Crippen LogP contribution in [0.25, 0.3) is 0 Å². The second-order valence-electron chi connectivity index (χ2n) is 3.93. The van der Waals surface area contributed by atoms with E-state index in [0.717, 1.165) is 5.56 Å². The number of amides is 1. The molecule has 5 nitrogen and oxygen atoms in total. The van der Waals surface area contributed by atoms with Crippen LogP contribution in [0.15, 0.2) is 34.9 Å². The quantitative estimate of drug-likeness (QED) is 0.878. The van der Waals surface area contributed by atoms with Crippen LogP contribution in [0, 0.1) is 0 Å². The smallest absolute Gasteiger partial charge is 0.273 e. The number of aromatic nitrogens is 1. The summed E-state index contributed by atoms with van der Waals surface area (Å²) in [6, 6.07) is 7.35. The Morgan fingerprint density at radius 3 is 2.89 bits per heavy atom. The summed E-state index contributed by atoms with van der Waals surface area (Å²) in [5, 5.41) is 6.27. The Labute approximate surface area is 116 Å². The number of rotatable bonds is 5. The molecule has 0 aliphatic carbocycles. The molecule has 0 bridgehead atoms. The van der Waals surface area contributed by atoms with Gasteiger partial charge in [0.2, 0.25) is 5.89 Å². The highest BCUT2D eigenvalue weighted by Crippen LogP contribution is 2.14. The number of halogens is 1. The van der Waals surface area contributed by atoms with Gasteiger partial charge in [-0.3, -0.25) is 4.79 Å². The fourth-order valence-electron chi connectivity index (χ4n) is 1.56. The molecule has 1 aromatic carbocycles. The standard InChI is InChI=1S/C13H14ClN3O2/c1-15-7-12-17-11(8-19-12)13(18)16-6-9-4-2-3-5-10(9)14/h2-5,8,15H,6-7H2,1H3,(H,16,18). The van der Waals surface area contributed by atoms with Crippen molar-refractivity contribution in [1.29, 1.82) is 0 Å². The van der Waals surface area contributed by atoms with E-state index in [-0.39, 0.29) is 11.6 Å². The molecule has 2 rings (SSSR count). The maximum absolute atomic E-state index is 11.8. The molecule has 0 saturated carbocycles. The van der Waals surface area contributed by atoms with Crippen LogP contribution in [0.2, 0.25) is 5.02 Å². The SMILES string of the molecule is CNCc1nc(C(=O)NCc2ccccc2Cl)co1. The number of nitrogens with zero attached hydrogens (tertiary/aromatic N) is 1. The first-order valence-electron chi connectivity index (χ1n) is 5.81. The topological polar surface area (TPSA) is 67.2 Å². The molecule has 2 aromatic rings. The number of hydrogen-bond acceptors (Lipinski definition) is 4. The summed E-state index contributed by atoms with van der Waals surface area (Å²) < 4.78 is 5.14. The van der Waals surface area contributed by atoms with Crippen molar-refractivity contribution in [2.45, 2.75) is 13.1 Å². The average molecular weight is 280 g/mol. The van der Waals surface area contributed by atoms with Crippen molar-refractivity contribution in [3.05, 3.63) is 52.7 Å². The van der Waals surface area contributed by atoms with Crippen LogP contribution in [0.1, 0.15) is 21.9 Å². The molecule has 0 fully saturated rings. The minimum atomic E-state index is -0.286. The second kappa shape index (κ2) is 6.36. The maximum Gasteiger partial charge on any atom is 0.273 e. The van der Waals surface area contributed by atoms with Crippen LogP contribution >= 0.6 is 11.6 Å². The third-order valence-electron chi connectivity index (χ3n) is 2.51.